The molecule has 94 valence electrons. The summed E-state index contributed by atoms with van der Waals surface area (Å²) in [5, 5.41) is 5.73. The lowest BCUT2D eigenvalue weighted by Gasteiger charge is -2.10. The molecule has 1 unspecified atom stereocenters. The molecular weight excluding hydrogens is 243 g/mol. The van der Waals surface area contributed by atoms with Crippen molar-refractivity contribution in [1.29, 1.82) is 0 Å². The summed E-state index contributed by atoms with van der Waals surface area (Å²) in [6, 6.07) is 4.80. The van der Waals surface area contributed by atoms with Crippen LogP contribution in [0, 0.1) is 18.7 Å². The second kappa shape index (κ2) is 5.98. The zero-order chi connectivity index (χ0) is 11.5. The van der Waals surface area contributed by atoms with E-state index in [1.165, 1.54) is 6.07 Å². The van der Waals surface area contributed by atoms with E-state index in [1.54, 1.807) is 12.1 Å². The number of benzene rings is 1. The predicted molar refractivity (Wildman–Crippen MR) is 68.0 cm³/mol. The highest BCUT2D eigenvalue weighted by molar-refractivity contribution is 5.93. The third kappa shape index (κ3) is 3.41. The fraction of sp³-hybridized carbons (Fsp3) is 0.417. The highest BCUT2D eigenvalue weighted by Crippen LogP contribution is 2.17. The van der Waals surface area contributed by atoms with Gasteiger partial charge in [-0.05, 0) is 37.6 Å². The first-order valence-electron chi connectivity index (χ1n) is 5.44. The molecule has 0 saturated carbocycles. The maximum absolute atomic E-state index is 13.5. The Bertz CT molecular complexity index is 405. The van der Waals surface area contributed by atoms with Gasteiger partial charge in [-0.25, -0.2) is 4.39 Å². The van der Waals surface area contributed by atoms with Gasteiger partial charge in [0.2, 0.25) is 5.91 Å². The monoisotopic (exact) mass is 258 g/mol. The van der Waals surface area contributed by atoms with Crippen LogP contribution in [-0.2, 0) is 4.79 Å². The molecule has 1 aromatic carbocycles. The summed E-state index contributed by atoms with van der Waals surface area (Å²) in [6.45, 7) is 3.35. The highest BCUT2D eigenvalue weighted by atomic mass is 35.5. The van der Waals surface area contributed by atoms with Crippen molar-refractivity contribution in [2.45, 2.75) is 13.3 Å². The van der Waals surface area contributed by atoms with Crippen LogP contribution >= 0.6 is 12.4 Å². The van der Waals surface area contributed by atoms with E-state index < -0.39 is 0 Å². The number of rotatable bonds is 2. The van der Waals surface area contributed by atoms with Crippen LogP contribution in [0.3, 0.4) is 0 Å². The van der Waals surface area contributed by atoms with Gasteiger partial charge in [-0.2, -0.15) is 0 Å². The van der Waals surface area contributed by atoms with Crippen LogP contribution in [-0.4, -0.2) is 19.0 Å². The summed E-state index contributed by atoms with van der Waals surface area (Å²) in [5.74, 6) is -0.521. The van der Waals surface area contributed by atoms with Crippen molar-refractivity contribution in [2.24, 2.45) is 5.92 Å². The standard InChI is InChI=1S/C12H15FN2O.ClH/c1-8-2-3-11(10(13)6-8)15-12(16)9-4-5-14-7-9;/h2-3,6,9,14H,4-5,7H2,1H3,(H,15,16);1H. The SMILES string of the molecule is Cc1ccc(NC(=O)C2CCNC2)c(F)c1.Cl. The van der Waals surface area contributed by atoms with Crippen LogP contribution < -0.4 is 10.6 Å². The molecule has 1 heterocycles. The third-order valence-electron chi connectivity index (χ3n) is 2.81. The minimum absolute atomic E-state index is 0. The van der Waals surface area contributed by atoms with Crippen molar-refractivity contribution >= 4 is 24.0 Å². The minimum Gasteiger partial charge on any atom is -0.323 e. The van der Waals surface area contributed by atoms with E-state index in [4.69, 9.17) is 0 Å². The fourth-order valence-electron chi connectivity index (χ4n) is 1.83. The number of hydrogen-bond donors (Lipinski definition) is 2. The summed E-state index contributed by atoms with van der Waals surface area (Å²) >= 11 is 0. The Labute approximate surface area is 106 Å². The van der Waals surface area contributed by atoms with Gasteiger partial charge in [-0.15, -0.1) is 12.4 Å². The van der Waals surface area contributed by atoms with Gasteiger partial charge < -0.3 is 10.6 Å². The Hall–Kier alpha value is -1.13. The molecule has 0 radical (unpaired) electrons. The third-order valence-corrected chi connectivity index (χ3v) is 2.81. The van der Waals surface area contributed by atoms with Crippen molar-refractivity contribution < 1.29 is 9.18 Å². The van der Waals surface area contributed by atoms with Gasteiger partial charge in [0.25, 0.3) is 0 Å². The summed E-state index contributed by atoms with van der Waals surface area (Å²) in [4.78, 5) is 11.7. The van der Waals surface area contributed by atoms with E-state index in [0.29, 0.717) is 6.54 Å². The molecule has 2 N–H and O–H groups in total. The first-order chi connectivity index (χ1) is 7.66. The second-order valence-electron chi connectivity index (χ2n) is 4.16. The lowest BCUT2D eigenvalue weighted by Crippen LogP contribution is -2.25. The summed E-state index contributed by atoms with van der Waals surface area (Å²) in [7, 11) is 0. The number of carbonyl (C=O) groups excluding carboxylic acids is 1. The molecule has 5 heteroatoms. The van der Waals surface area contributed by atoms with Gasteiger partial charge >= 0.3 is 0 Å². The van der Waals surface area contributed by atoms with Crippen molar-refractivity contribution in [1.82, 2.24) is 5.32 Å². The van der Waals surface area contributed by atoms with E-state index in [-0.39, 0.29) is 35.7 Å². The van der Waals surface area contributed by atoms with E-state index in [0.717, 1.165) is 18.5 Å². The highest BCUT2D eigenvalue weighted by Gasteiger charge is 2.22. The smallest absolute Gasteiger partial charge is 0.228 e. The number of carbonyl (C=O) groups is 1. The van der Waals surface area contributed by atoms with Crippen molar-refractivity contribution in [3.63, 3.8) is 0 Å². The van der Waals surface area contributed by atoms with E-state index in [9.17, 15) is 9.18 Å². The fourth-order valence-corrected chi connectivity index (χ4v) is 1.83. The molecule has 0 aromatic heterocycles. The molecule has 1 aliphatic heterocycles. The average Bonchev–Trinajstić information content (AvgIpc) is 2.75. The number of nitrogens with one attached hydrogen (secondary N) is 2. The van der Waals surface area contributed by atoms with E-state index in [2.05, 4.69) is 10.6 Å². The van der Waals surface area contributed by atoms with Gasteiger partial charge in [-0.1, -0.05) is 6.07 Å². The minimum atomic E-state index is -0.376. The van der Waals surface area contributed by atoms with Crippen LogP contribution in [0.2, 0.25) is 0 Å². The molecule has 1 atom stereocenters. The van der Waals surface area contributed by atoms with Gasteiger partial charge in [0.1, 0.15) is 5.82 Å². The Morgan fingerprint density at radius 1 is 1.53 bits per heavy atom. The maximum atomic E-state index is 13.5. The lowest BCUT2D eigenvalue weighted by atomic mass is 10.1. The number of aryl methyl sites for hydroxylation is 1. The maximum Gasteiger partial charge on any atom is 0.228 e. The molecular formula is C12H16ClFN2O. The zero-order valence-electron chi connectivity index (χ0n) is 9.63. The van der Waals surface area contributed by atoms with Crippen LogP contribution in [0.1, 0.15) is 12.0 Å². The van der Waals surface area contributed by atoms with Crippen LogP contribution in [0.4, 0.5) is 10.1 Å². The molecule has 2 rings (SSSR count). The van der Waals surface area contributed by atoms with E-state index >= 15 is 0 Å². The van der Waals surface area contributed by atoms with E-state index in [1.807, 2.05) is 6.92 Å². The van der Waals surface area contributed by atoms with Crippen LogP contribution in [0.5, 0.6) is 0 Å². The molecule has 0 bridgehead atoms. The number of amides is 1. The molecule has 0 aliphatic carbocycles. The van der Waals surface area contributed by atoms with Crippen LogP contribution in [0.25, 0.3) is 0 Å². The normalized spacial score (nSPS) is 18.6. The molecule has 17 heavy (non-hydrogen) atoms. The predicted octanol–water partition coefficient (Wildman–Crippen LogP) is 2.10. The van der Waals surface area contributed by atoms with Crippen molar-refractivity contribution in [3.05, 3.63) is 29.6 Å². The topological polar surface area (TPSA) is 41.1 Å². The summed E-state index contributed by atoms with van der Waals surface area (Å²) < 4.78 is 13.5. The summed E-state index contributed by atoms with van der Waals surface area (Å²) in [6.07, 6.45) is 0.819. The number of hydrogen-bond acceptors (Lipinski definition) is 2. The van der Waals surface area contributed by atoms with Crippen LogP contribution in [0.15, 0.2) is 18.2 Å². The molecule has 1 saturated heterocycles. The molecule has 3 nitrogen and oxygen atoms in total. The second-order valence-corrected chi connectivity index (χ2v) is 4.16. The largest absolute Gasteiger partial charge is 0.323 e. The van der Waals surface area contributed by atoms with Gasteiger partial charge in [0.05, 0.1) is 11.6 Å². The molecule has 1 aliphatic rings. The Balaban J connectivity index is 0.00000144. The Morgan fingerprint density at radius 3 is 2.88 bits per heavy atom. The van der Waals surface area contributed by atoms with Gasteiger partial charge in [-0.3, -0.25) is 4.79 Å². The molecule has 1 amide bonds. The van der Waals surface area contributed by atoms with Crippen molar-refractivity contribution in [3.8, 4) is 0 Å². The molecule has 0 spiro atoms. The van der Waals surface area contributed by atoms with Crippen molar-refractivity contribution in [2.75, 3.05) is 18.4 Å². The number of anilines is 1. The van der Waals surface area contributed by atoms with Gasteiger partial charge in [0.15, 0.2) is 0 Å². The number of halogens is 2. The average molecular weight is 259 g/mol. The molecule has 1 fully saturated rings. The quantitative estimate of drug-likeness (QED) is 0.853. The van der Waals surface area contributed by atoms with Gasteiger partial charge in [0, 0.05) is 6.54 Å². The first kappa shape index (κ1) is 13.9. The Morgan fingerprint density at radius 2 is 2.29 bits per heavy atom. The lowest BCUT2D eigenvalue weighted by molar-refractivity contribution is -0.119. The molecule has 1 aromatic rings. The summed E-state index contributed by atoms with van der Waals surface area (Å²) in [5.41, 5.74) is 1.11. The zero-order valence-corrected chi connectivity index (χ0v) is 10.4. The first-order valence-corrected chi connectivity index (χ1v) is 5.44. The Kier molecular flexibility index (Phi) is 4.90.